The first kappa shape index (κ1) is 20.7. The van der Waals surface area contributed by atoms with Crippen molar-refractivity contribution >= 4 is 17.6 Å². The summed E-state index contributed by atoms with van der Waals surface area (Å²) in [5, 5.41) is 4.50. The number of benzene rings is 1. The Morgan fingerprint density at radius 3 is 2.42 bits per heavy atom. The van der Waals surface area contributed by atoms with Gasteiger partial charge in [-0.3, -0.25) is 9.59 Å². The Kier molecular flexibility index (Phi) is 4.96. The Hall–Kier alpha value is -2.21. The summed E-state index contributed by atoms with van der Waals surface area (Å²) in [5.74, 6) is 0.177. The molecule has 5 saturated carbocycles. The lowest BCUT2D eigenvalue weighted by Crippen LogP contribution is -2.64. The van der Waals surface area contributed by atoms with Crippen LogP contribution >= 0.6 is 0 Å². The first-order valence-electron chi connectivity index (χ1n) is 11.6. The molecule has 31 heavy (non-hydrogen) atoms. The molecule has 6 rings (SSSR count). The smallest absolute Gasteiger partial charge is 0.311 e. The van der Waals surface area contributed by atoms with Crippen LogP contribution in [0, 0.1) is 16.7 Å². The summed E-state index contributed by atoms with van der Waals surface area (Å²) < 4.78 is 5.30. The minimum absolute atomic E-state index is 0.0208. The van der Waals surface area contributed by atoms with Crippen LogP contribution in [0.1, 0.15) is 69.8 Å². The molecule has 0 aliphatic heterocycles. The number of hydrazone groups is 1. The van der Waals surface area contributed by atoms with Gasteiger partial charge in [0.1, 0.15) is 0 Å². The zero-order chi connectivity index (χ0) is 21.7. The third-order valence-electron chi connectivity index (χ3n) is 8.48. The monoisotopic (exact) mass is 423 g/mol. The van der Waals surface area contributed by atoms with E-state index in [1.54, 1.807) is 0 Å². The Balaban J connectivity index is 1.47. The van der Waals surface area contributed by atoms with E-state index >= 15 is 0 Å². The second-order valence-corrected chi connectivity index (χ2v) is 10.7. The average molecular weight is 424 g/mol. The number of hydrogen-bond acceptors (Lipinski definition) is 5. The molecule has 4 atom stereocenters. The maximum absolute atomic E-state index is 13.6. The van der Waals surface area contributed by atoms with Crippen LogP contribution in [-0.2, 0) is 19.7 Å². The summed E-state index contributed by atoms with van der Waals surface area (Å²) in [6, 6.07) is 10.7. The van der Waals surface area contributed by atoms with Crippen molar-refractivity contribution in [1.29, 1.82) is 0 Å². The van der Waals surface area contributed by atoms with Crippen molar-refractivity contribution in [1.82, 2.24) is 5.43 Å². The molecule has 5 fully saturated rings. The van der Waals surface area contributed by atoms with Crippen molar-refractivity contribution in [3.05, 3.63) is 35.9 Å². The second-order valence-electron chi connectivity index (χ2n) is 10.7. The van der Waals surface area contributed by atoms with Crippen LogP contribution in [0.25, 0.3) is 0 Å². The predicted molar refractivity (Wildman–Crippen MR) is 118 cm³/mol. The Labute approximate surface area is 184 Å². The highest BCUT2D eigenvalue weighted by Crippen LogP contribution is 2.70. The van der Waals surface area contributed by atoms with Crippen LogP contribution in [0.3, 0.4) is 0 Å². The molecule has 6 nitrogen and oxygen atoms in total. The van der Waals surface area contributed by atoms with Crippen molar-refractivity contribution in [2.45, 2.75) is 75.7 Å². The number of carbonyl (C=O) groups is 2. The second kappa shape index (κ2) is 7.44. The van der Waals surface area contributed by atoms with Crippen LogP contribution < -0.4 is 11.2 Å². The number of esters is 1. The predicted octanol–water partition coefficient (Wildman–Crippen LogP) is 3.44. The SMILES string of the molecule is COC(=O)C12CC3CC(C(=O)NN=C4CCC(N)CC4)(C1)CC(c1ccccc1)(C3)C2. The Bertz CT molecular complexity index is 906. The van der Waals surface area contributed by atoms with Gasteiger partial charge < -0.3 is 10.5 Å². The summed E-state index contributed by atoms with van der Waals surface area (Å²) in [6.45, 7) is 0. The first-order chi connectivity index (χ1) is 14.9. The molecule has 0 saturated heterocycles. The Morgan fingerprint density at radius 2 is 1.71 bits per heavy atom. The molecule has 3 N–H and O–H groups in total. The minimum atomic E-state index is -0.577. The number of amides is 1. The summed E-state index contributed by atoms with van der Waals surface area (Å²) >= 11 is 0. The molecule has 5 aliphatic rings. The van der Waals surface area contributed by atoms with E-state index in [9.17, 15) is 9.59 Å². The summed E-state index contributed by atoms with van der Waals surface area (Å²) in [6.07, 6.45) is 8.35. The lowest BCUT2D eigenvalue weighted by Gasteiger charge is -2.64. The lowest BCUT2D eigenvalue weighted by atomic mass is 9.38. The molecule has 1 aromatic rings. The van der Waals surface area contributed by atoms with E-state index < -0.39 is 10.8 Å². The van der Waals surface area contributed by atoms with E-state index in [1.165, 1.54) is 12.7 Å². The van der Waals surface area contributed by atoms with Gasteiger partial charge in [-0.1, -0.05) is 30.3 Å². The number of rotatable bonds is 4. The topological polar surface area (TPSA) is 93.8 Å². The van der Waals surface area contributed by atoms with E-state index in [0.29, 0.717) is 12.3 Å². The fraction of sp³-hybridized carbons (Fsp3) is 0.640. The summed E-state index contributed by atoms with van der Waals surface area (Å²) in [4.78, 5) is 26.7. The highest BCUT2D eigenvalue weighted by molar-refractivity contribution is 5.90. The van der Waals surface area contributed by atoms with Gasteiger partial charge in [-0.05, 0) is 81.1 Å². The van der Waals surface area contributed by atoms with Gasteiger partial charge in [0.25, 0.3) is 0 Å². The van der Waals surface area contributed by atoms with Gasteiger partial charge in [0.15, 0.2) is 0 Å². The van der Waals surface area contributed by atoms with E-state index in [-0.39, 0.29) is 23.3 Å². The van der Waals surface area contributed by atoms with Crippen molar-refractivity contribution in [2.75, 3.05) is 7.11 Å². The van der Waals surface area contributed by atoms with Crippen molar-refractivity contribution in [2.24, 2.45) is 27.6 Å². The molecule has 0 spiro atoms. The maximum atomic E-state index is 13.6. The van der Waals surface area contributed by atoms with Gasteiger partial charge in [-0.15, -0.1) is 0 Å². The van der Waals surface area contributed by atoms with Crippen LogP contribution in [0.2, 0.25) is 0 Å². The number of nitrogens with zero attached hydrogens (tertiary/aromatic N) is 1. The van der Waals surface area contributed by atoms with E-state index in [1.807, 2.05) is 6.07 Å². The van der Waals surface area contributed by atoms with E-state index in [4.69, 9.17) is 10.5 Å². The standard InChI is InChI=1S/C25H33N3O3/c1-31-22(30)25-13-17-11-23(15-25,18-5-3-2-4-6-18)14-24(12-17,16-25)21(29)28-27-20-9-7-19(26)8-10-20/h2-6,17,19H,7-16,26H2,1H3,(H,28,29). The van der Waals surface area contributed by atoms with Gasteiger partial charge >= 0.3 is 5.97 Å². The summed E-state index contributed by atoms with van der Waals surface area (Å²) in [7, 11) is 1.47. The molecular formula is C25H33N3O3. The first-order valence-corrected chi connectivity index (χ1v) is 11.6. The molecular weight excluding hydrogens is 390 g/mol. The zero-order valence-electron chi connectivity index (χ0n) is 18.4. The highest BCUT2D eigenvalue weighted by atomic mass is 16.5. The minimum Gasteiger partial charge on any atom is -0.469 e. The fourth-order valence-corrected chi connectivity index (χ4v) is 7.58. The molecule has 0 heterocycles. The van der Waals surface area contributed by atoms with Crippen molar-refractivity contribution in [3.8, 4) is 0 Å². The number of hydrogen-bond donors (Lipinski definition) is 2. The quantitative estimate of drug-likeness (QED) is 0.573. The van der Waals surface area contributed by atoms with Gasteiger partial charge in [-0.2, -0.15) is 5.10 Å². The number of nitrogens with one attached hydrogen (secondary N) is 1. The fourth-order valence-electron chi connectivity index (χ4n) is 7.58. The normalized spacial score (nSPS) is 38.6. The van der Waals surface area contributed by atoms with E-state index in [2.05, 4.69) is 34.8 Å². The molecule has 166 valence electrons. The van der Waals surface area contributed by atoms with Crippen LogP contribution in [0.4, 0.5) is 0 Å². The highest BCUT2D eigenvalue weighted by Gasteiger charge is 2.68. The third-order valence-corrected chi connectivity index (χ3v) is 8.48. The molecule has 6 heteroatoms. The van der Waals surface area contributed by atoms with Gasteiger partial charge in [0.2, 0.25) is 5.91 Å². The largest absolute Gasteiger partial charge is 0.469 e. The van der Waals surface area contributed by atoms with Crippen LogP contribution in [-0.4, -0.2) is 30.7 Å². The molecule has 5 aliphatic carbocycles. The molecule has 0 radical (unpaired) electrons. The third kappa shape index (κ3) is 3.39. The Morgan fingerprint density at radius 1 is 1.03 bits per heavy atom. The van der Waals surface area contributed by atoms with Crippen molar-refractivity contribution in [3.63, 3.8) is 0 Å². The van der Waals surface area contributed by atoms with Gasteiger partial charge in [0, 0.05) is 11.8 Å². The molecule has 4 bridgehead atoms. The van der Waals surface area contributed by atoms with Crippen LogP contribution in [0.5, 0.6) is 0 Å². The molecule has 1 aromatic carbocycles. The van der Waals surface area contributed by atoms with Gasteiger partial charge in [0.05, 0.1) is 17.9 Å². The number of carbonyl (C=O) groups excluding carboxylic acids is 2. The zero-order valence-corrected chi connectivity index (χ0v) is 18.4. The number of nitrogens with two attached hydrogens (primary N) is 1. The molecule has 0 aromatic heterocycles. The van der Waals surface area contributed by atoms with Crippen molar-refractivity contribution < 1.29 is 14.3 Å². The number of methoxy groups -OCH3 is 1. The molecule has 1 amide bonds. The van der Waals surface area contributed by atoms with E-state index in [0.717, 1.165) is 63.5 Å². The average Bonchev–Trinajstić information content (AvgIpc) is 2.77. The van der Waals surface area contributed by atoms with Crippen LogP contribution in [0.15, 0.2) is 35.4 Å². The molecule has 4 unspecified atom stereocenters. The lowest BCUT2D eigenvalue weighted by molar-refractivity contribution is -0.186. The van der Waals surface area contributed by atoms with Gasteiger partial charge in [-0.25, -0.2) is 5.43 Å². The number of ether oxygens (including phenoxy) is 1. The summed E-state index contributed by atoms with van der Waals surface area (Å²) in [5.41, 5.74) is 9.89. The maximum Gasteiger partial charge on any atom is 0.311 e.